The van der Waals surface area contributed by atoms with Crippen LogP contribution < -0.4 is 4.72 Å². The number of hydrogen-bond donors (Lipinski definition) is 3. The van der Waals surface area contributed by atoms with Crippen LogP contribution in [0.1, 0.15) is 98.8 Å². The minimum atomic E-state index is -3.85. The number of aliphatic hydroxyl groups is 2. The monoisotopic (exact) mass is 570 g/mol. The van der Waals surface area contributed by atoms with Crippen LogP contribution in [0, 0.1) is 51.8 Å². The van der Waals surface area contributed by atoms with Crippen LogP contribution in [-0.2, 0) is 14.9 Å². The second-order valence-electron chi connectivity index (χ2n) is 14.4. The van der Waals surface area contributed by atoms with Crippen LogP contribution in [0.3, 0.4) is 0 Å². The van der Waals surface area contributed by atoms with Crippen LogP contribution in [0.2, 0.25) is 0 Å². The van der Waals surface area contributed by atoms with E-state index in [-0.39, 0.29) is 41.0 Å². The van der Waals surface area contributed by atoms with E-state index in [1.54, 1.807) is 0 Å². The zero-order valence-corrected chi connectivity index (χ0v) is 26.1. The maximum absolute atomic E-state index is 11.9. The van der Waals surface area contributed by atoms with Crippen molar-refractivity contribution in [1.82, 2.24) is 9.03 Å². The highest BCUT2D eigenvalue weighted by Crippen LogP contribution is 2.72. The lowest BCUT2D eigenvalue weighted by Gasteiger charge is -2.65. The molecule has 3 N–H and O–H groups in total. The van der Waals surface area contributed by atoms with Gasteiger partial charge in [-0.2, -0.15) is 12.7 Å². The number of amides is 1. The molecule has 0 aromatic rings. The van der Waals surface area contributed by atoms with Gasteiger partial charge in [-0.05, 0) is 110 Å². The summed E-state index contributed by atoms with van der Waals surface area (Å²) in [5, 5.41) is 22.5. The molecule has 0 heterocycles. The molecule has 0 aliphatic heterocycles. The summed E-state index contributed by atoms with van der Waals surface area (Å²) in [7, 11) is -1.14. The topological polar surface area (TPSA) is 116 Å². The van der Waals surface area contributed by atoms with Crippen LogP contribution in [0.5, 0.6) is 0 Å². The number of nitrogens with zero attached hydrogens (tertiary/aromatic N) is 1. The third-order valence-electron chi connectivity index (χ3n) is 12.9. The van der Waals surface area contributed by atoms with Crippen molar-refractivity contribution < 1.29 is 28.2 Å². The predicted molar refractivity (Wildman–Crippen MR) is 152 cm³/mol. The molecule has 4 aliphatic carbocycles. The molecule has 8 nitrogen and oxygen atoms in total. The molecule has 0 spiro atoms. The molecule has 0 aromatic carbocycles. The summed E-state index contributed by atoms with van der Waals surface area (Å²) < 4.78 is 31.7. The lowest BCUT2D eigenvalue weighted by atomic mass is 9.40. The lowest BCUT2D eigenvalue weighted by molar-refractivity contribution is -0.209. The summed E-state index contributed by atoms with van der Waals surface area (Å²) in [6.07, 6.45) is 8.52. The highest BCUT2D eigenvalue weighted by atomic mass is 32.2. The molecule has 4 aliphatic rings. The molecular weight excluding hydrogens is 516 g/mol. The van der Waals surface area contributed by atoms with Crippen molar-refractivity contribution in [2.45, 2.75) is 111 Å². The molecule has 4 fully saturated rings. The maximum atomic E-state index is 11.9. The van der Waals surface area contributed by atoms with Crippen molar-refractivity contribution in [3.05, 3.63) is 0 Å². The largest absolute Gasteiger partial charge is 0.449 e. The number of rotatable bonds is 8. The molecule has 0 radical (unpaired) electrons. The van der Waals surface area contributed by atoms with Crippen LogP contribution in [-0.4, -0.2) is 61.9 Å². The second-order valence-corrected chi connectivity index (χ2v) is 16.3. The van der Waals surface area contributed by atoms with Crippen molar-refractivity contribution in [2.24, 2.45) is 51.8 Å². The van der Waals surface area contributed by atoms with Gasteiger partial charge in [0.15, 0.2) is 0 Å². The number of hydrogen-bond acceptors (Lipinski definition) is 6. The van der Waals surface area contributed by atoms with Gasteiger partial charge in [0.05, 0.1) is 18.8 Å². The Morgan fingerprint density at radius 1 is 1.05 bits per heavy atom. The SMILES string of the molecule is CC[C@@H]1C2C[C@H](O)CC[C@@]2(C)C2CCC3(C)[C@@H](CC[C@]3(C)[C@H](C)CCCOC(=O)NS(=O)(=O)N(C)C)C2[C@@H]1O. The summed E-state index contributed by atoms with van der Waals surface area (Å²) in [5.41, 5.74) is 0.469. The first kappa shape index (κ1) is 31.0. The average molecular weight is 571 g/mol. The van der Waals surface area contributed by atoms with Crippen LogP contribution in [0.15, 0.2) is 0 Å². The van der Waals surface area contributed by atoms with Gasteiger partial charge in [0.1, 0.15) is 0 Å². The normalized spacial score (nSPS) is 44.7. The Morgan fingerprint density at radius 3 is 2.36 bits per heavy atom. The van der Waals surface area contributed by atoms with Gasteiger partial charge in [-0.25, -0.2) is 9.52 Å². The Labute approximate surface area is 236 Å². The fourth-order valence-corrected chi connectivity index (χ4v) is 10.6. The van der Waals surface area contributed by atoms with E-state index < -0.39 is 16.3 Å². The van der Waals surface area contributed by atoms with Gasteiger partial charge in [-0.1, -0.05) is 41.0 Å². The van der Waals surface area contributed by atoms with Crippen molar-refractivity contribution in [1.29, 1.82) is 0 Å². The minimum Gasteiger partial charge on any atom is -0.449 e. The van der Waals surface area contributed by atoms with E-state index in [2.05, 4.69) is 34.6 Å². The van der Waals surface area contributed by atoms with Gasteiger partial charge in [-0.3, -0.25) is 0 Å². The van der Waals surface area contributed by atoms with Gasteiger partial charge in [0, 0.05) is 14.1 Å². The van der Waals surface area contributed by atoms with Crippen LogP contribution in [0.4, 0.5) is 4.79 Å². The van der Waals surface area contributed by atoms with E-state index in [1.807, 2.05) is 4.72 Å². The molecule has 4 rings (SSSR count). The fourth-order valence-electron chi connectivity index (χ4n) is 10.2. The smallest absolute Gasteiger partial charge is 0.421 e. The molecule has 0 bridgehead atoms. The number of nitrogens with one attached hydrogen (secondary N) is 1. The number of ether oxygens (including phenoxy) is 1. The van der Waals surface area contributed by atoms with Crippen LogP contribution >= 0.6 is 0 Å². The highest BCUT2D eigenvalue weighted by molar-refractivity contribution is 7.87. The maximum Gasteiger partial charge on any atom is 0.421 e. The second kappa shape index (κ2) is 11.1. The molecule has 11 atom stereocenters. The minimum absolute atomic E-state index is 0.126. The number of aliphatic hydroxyl groups excluding tert-OH is 2. The van der Waals surface area contributed by atoms with Crippen molar-refractivity contribution in [2.75, 3.05) is 20.7 Å². The molecular formula is C30H54N2O6S. The van der Waals surface area contributed by atoms with E-state index in [1.165, 1.54) is 20.5 Å². The predicted octanol–water partition coefficient (Wildman–Crippen LogP) is 4.95. The molecule has 0 aromatic heterocycles. The Balaban J connectivity index is 1.43. The van der Waals surface area contributed by atoms with E-state index in [0.717, 1.165) is 55.7 Å². The van der Waals surface area contributed by atoms with Gasteiger partial charge < -0.3 is 14.9 Å². The Kier molecular flexibility index (Phi) is 8.81. The molecule has 1 amide bonds. The fraction of sp³-hybridized carbons (Fsp3) is 0.967. The Bertz CT molecular complexity index is 1010. The first-order valence-corrected chi connectivity index (χ1v) is 16.8. The molecule has 0 saturated heterocycles. The number of carbonyl (C=O) groups is 1. The summed E-state index contributed by atoms with van der Waals surface area (Å²) in [5.74, 6) is 2.42. The summed E-state index contributed by atoms with van der Waals surface area (Å²) in [6.45, 7) is 12.1. The van der Waals surface area contributed by atoms with Crippen molar-refractivity contribution in [3.8, 4) is 0 Å². The van der Waals surface area contributed by atoms with Crippen molar-refractivity contribution in [3.63, 3.8) is 0 Å². The lowest BCUT2D eigenvalue weighted by Crippen LogP contribution is -2.62. The molecule has 9 heteroatoms. The zero-order valence-electron chi connectivity index (χ0n) is 25.3. The quantitative estimate of drug-likeness (QED) is 0.356. The van der Waals surface area contributed by atoms with Crippen LogP contribution in [0.25, 0.3) is 0 Å². The van der Waals surface area contributed by atoms with E-state index in [9.17, 15) is 23.4 Å². The van der Waals surface area contributed by atoms with Gasteiger partial charge in [0.25, 0.3) is 0 Å². The summed E-state index contributed by atoms with van der Waals surface area (Å²) in [4.78, 5) is 11.9. The first-order valence-electron chi connectivity index (χ1n) is 15.4. The summed E-state index contributed by atoms with van der Waals surface area (Å²) >= 11 is 0. The van der Waals surface area contributed by atoms with Gasteiger partial charge >= 0.3 is 16.3 Å². The standard InChI is InChI=1S/C30H54N2O6S/c1-8-21-24-18-20(33)11-14-28(24,3)22-12-16-30(5)23(25(22)26(21)34)13-15-29(30,4)19(2)10-9-17-38-27(35)31-39(36,37)32(6)7/h19-26,33-34H,8-18H2,1-7H3,(H,31,35)/t19-,20-,21-,22?,23+,24?,25?,26-,28+,29-,30?/m1/s1. The highest BCUT2D eigenvalue weighted by Gasteiger charge is 2.67. The average Bonchev–Trinajstić information content (AvgIpc) is 3.14. The summed E-state index contributed by atoms with van der Waals surface area (Å²) in [6, 6.07) is 0. The third-order valence-corrected chi connectivity index (χ3v) is 14.2. The third kappa shape index (κ3) is 5.16. The van der Waals surface area contributed by atoms with Gasteiger partial charge in [0.2, 0.25) is 0 Å². The number of fused-ring (bicyclic) bond motifs is 5. The Hall–Kier alpha value is -0.900. The first-order chi connectivity index (χ1) is 18.1. The van der Waals surface area contributed by atoms with Crippen molar-refractivity contribution >= 4 is 16.3 Å². The number of carbonyl (C=O) groups excluding carboxylic acids is 1. The van der Waals surface area contributed by atoms with E-state index in [4.69, 9.17) is 4.74 Å². The molecule has 4 saturated carbocycles. The molecule has 226 valence electrons. The zero-order chi connectivity index (χ0) is 29.0. The van der Waals surface area contributed by atoms with E-state index >= 15 is 0 Å². The van der Waals surface area contributed by atoms with Gasteiger partial charge in [-0.15, -0.1) is 0 Å². The van der Waals surface area contributed by atoms with E-state index in [0.29, 0.717) is 36.0 Å². The molecule has 39 heavy (non-hydrogen) atoms. The Morgan fingerprint density at radius 2 is 1.72 bits per heavy atom. The molecule has 4 unspecified atom stereocenters.